The van der Waals surface area contributed by atoms with Gasteiger partial charge in [0.2, 0.25) is 0 Å². The molecule has 0 aromatic heterocycles. The Morgan fingerprint density at radius 3 is 2.43 bits per heavy atom. The summed E-state index contributed by atoms with van der Waals surface area (Å²) in [6, 6.07) is 0. The minimum absolute atomic E-state index is 0.0505. The van der Waals surface area contributed by atoms with Gasteiger partial charge in [-0.1, -0.05) is 26.0 Å². The molecule has 2 unspecified atom stereocenters. The summed E-state index contributed by atoms with van der Waals surface area (Å²) in [6.45, 7) is 2.49. The highest BCUT2D eigenvalue weighted by molar-refractivity contribution is 5.90. The smallest absolute Gasteiger partial charge is 0.192 e. The van der Waals surface area contributed by atoms with Crippen LogP contribution >= 0.6 is 0 Å². The molecule has 0 aromatic carbocycles. The number of allylic oxidation sites excluding steroid dienone is 1. The molecule has 0 radical (unpaired) electrons. The Balaban J connectivity index is 1.81. The monoisotopic (exact) mass is 398 g/mol. The zero-order valence-electron chi connectivity index (χ0n) is 16.4. The van der Waals surface area contributed by atoms with Crippen LogP contribution in [0.15, 0.2) is 12.2 Å². The molecule has 0 spiro atoms. The number of fused-ring (bicyclic) bond motifs is 5. The lowest BCUT2D eigenvalue weighted by atomic mass is 9.43. The van der Waals surface area contributed by atoms with Gasteiger partial charge >= 0.3 is 0 Å². The molecule has 0 saturated heterocycles. The lowest BCUT2D eigenvalue weighted by Crippen LogP contribution is -2.71. The first kappa shape index (κ1) is 20.4. The van der Waals surface area contributed by atoms with Crippen LogP contribution in [0, 0.1) is 28.6 Å². The Morgan fingerprint density at radius 1 is 1.11 bits per heavy atom. The molecule has 6 nitrogen and oxygen atoms in total. The highest BCUT2D eigenvalue weighted by atomic mass is 19.1. The number of halogens is 1. The molecule has 10 atom stereocenters. The Kier molecular flexibility index (Phi) is 4.43. The molecule has 4 rings (SSSR count). The molecule has 5 N–H and O–H groups in total. The van der Waals surface area contributed by atoms with E-state index in [1.165, 1.54) is 0 Å². The van der Waals surface area contributed by atoms with Gasteiger partial charge in [-0.05, 0) is 49.9 Å². The predicted molar refractivity (Wildman–Crippen MR) is 97.8 cm³/mol. The number of aliphatic hydroxyl groups is 5. The van der Waals surface area contributed by atoms with E-state index < -0.39 is 64.6 Å². The van der Waals surface area contributed by atoms with E-state index in [-0.39, 0.29) is 18.8 Å². The van der Waals surface area contributed by atoms with Crippen LogP contribution in [0.3, 0.4) is 0 Å². The molecule has 0 aliphatic heterocycles. The van der Waals surface area contributed by atoms with Crippen molar-refractivity contribution in [2.24, 2.45) is 28.6 Å². The number of Topliss-reactive ketones (excluding diaryl/α,β-unsaturated/α-hetero) is 1. The molecular formula is C21H31FO6. The van der Waals surface area contributed by atoms with Crippen molar-refractivity contribution in [3.05, 3.63) is 12.2 Å². The molecular weight excluding hydrogens is 367 g/mol. The van der Waals surface area contributed by atoms with Gasteiger partial charge in [-0.15, -0.1) is 0 Å². The maximum atomic E-state index is 16.8. The van der Waals surface area contributed by atoms with Gasteiger partial charge in [0, 0.05) is 10.8 Å². The summed E-state index contributed by atoms with van der Waals surface area (Å²) in [5.41, 5.74) is -6.38. The number of carbonyl (C=O) groups excluding carboxylic acids is 1. The molecule has 7 heteroatoms. The first-order valence-corrected chi connectivity index (χ1v) is 10.3. The summed E-state index contributed by atoms with van der Waals surface area (Å²) in [5, 5.41) is 52.2. The summed E-state index contributed by atoms with van der Waals surface area (Å²) in [7, 11) is 0. The van der Waals surface area contributed by atoms with Crippen LogP contribution in [0.1, 0.15) is 46.0 Å². The molecule has 28 heavy (non-hydrogen) atoms. The second-order valence-electron chi connectivity index (χ2n) is 9.94. The SMILES string of the molecule is C[C@]12C=CC(O)CC1CC[C@H]1[C@@H]3C[C@@H](O)[C@](O)(C(=O)CO)[C@@]3(C)C[C@H](O)[C@@]12F. The number of rotatable bonds is 2. The third-order valence-corrected chi connectivity index (χ3v) is 9.04. The van der Waals surface area contributed by atoms with Crippen LogP contribution < -0.4 is 0 Å². The summed E-state index contributed by atoms with van der Waals surface area (Å²) < 4.78 is 16.8. The van der Waals surface area contributed by atoms with Crippen molar-refractivity contribution in [2.45, 2.75) is 75.5 Å². The van der Waals surface area contributed by atoms with Crippen molar-refractivity contribution in [1.82, 2.24) is 0 Å². The first-order chi connectivity index (χ1) is 13.0. The van der Waals surface area contributed by atoms with Crippen LogP contribution in [-0.2, 0) is 4.79 Å². The zero-order chi connectivity index (χ0) is 20.7. The number of aliphatic hydroxyl groups excluding tert-OH is 4. The molecule has 0 heterocycles. The van der Waals surface area contributed by atoms with Crippen LogP contribution in [0.4, 0.5) is 4.39 Å². The summed E-state index contributed by atoms with van der Waals surface area (Å²) in [5.74, 6) is -2.15. The van der Waals surface area contributed by atoms with E-state index in [9.17, 15) is 30.3 Å². The predicted octanol–water partition coefficient (Wildman–Crippen LogP) is 0.492. The van der Waals surface area contributed by atoms with E-state index in [4.69, 9.17) is 0 Å². The van der Waals surface area contributed by atoms with Gasteiger partial charge < -0.3 is 25.5 Å². The molecule has 158 valence electrons. The van der Waals surface area contributed by atoms with E-state index in [2.05, 4.69) is 0 Å². The lowest BCUT2D eigenvalue weighted by Gasteiger charge is -2.64. The second kappa shape index (κ2) is 6.08. The minimum atomic E-state index is -2.20. The van der Waals surface area contributed by atoms with Crippen LogP contribution in [0.2, 0.25) is 0 Å². The van der Waals surface area contributed by atoms with Gasteiger partial charge in [0.1, 0.15) is 12.3 Å². The molecule has 0 aromatic rings. The fourth-order valence-electron chi connectivity index (χ4n) is 7.44. The molecule has 0 amide bonds. The van der Waals surface area contributed by atoms with Gasteiger partial charge in [0.25, 0.3) is 0 Å². The lowest BCUT2D eigenvalue weighted by molar-refractivity contribution is -0.243. The van der Waals surface area contributed by atoms with Crippen molar-refractivity contribution in [2.75, 3.05) is 6.61 Å². The normalized spacial score (nSPS) is 58.0. The number of alkyl halides is 1. The number of carbonyl (C=O) groups is 1. The maximum absolute atomic E-state index is 16.8. The Hall–Kier alpha value is -0.860. The number of hydrogen-bond donors (Lipinski definition) is 5. The standard InChI is InChI=1S/C21H31FO6/c1-18-6-5-12(24)7-11(18)3-4-13-14-8-15(25)21(28,17(27)10-23)19(14,2)9-16(26)20(13,18)22/h5-6,11-16,23-26,28H,3-4,7-10H2,1-2H3/t11?,12?,13-,14-,15+,16-,18-,19-,20-,21-/m0/s1. The van der Waals surface area contributed by atoms with Crippen LogP contribution in [0.25, 0.3) is 0 Å². The summed E-state index contributed by atoms with van der Waals surface area (Å²) in [4.78, 5) is 12.4. The third-order valence-electron chi connectivity index (χ3n) is 9.04. The highest BCUT2D eigenvalue weighted by Gasteiger charge is 2.76. The number of hydrogen-bond acceptors (Lipinski definition) is 6. The van der Waals surface area contributed by atoms with E-state index in [1.807, 2.05) is 0 Å². The summed E-state index contributed by atoms with van der Waals surface area (Å²) in [6.07, 6.45) is 1.25. The van der Waals surface area contributed by atoms with Crippen molar-refractivity contribution in [3.63, 3.8) is 0 Å². The van der Waals surface area contributed by atoms with Gasteiger partial charge in [-0.25, -0.2) is 4.39 Å². The third kappa shape index (κ3) is 2.12. The topological polar surface area (TPSA) is 118 Å². The van der Waals surface area contributed by atoms with E-state index >= 15 is 4.39 Å². The highest BCUT2D eigenvalue weighted by Crippen LogP contribution is 2.70. The minimum Gasteiger partial charge on any atom is -0.390 e. The van der Waals surface area contributed by atoms with E-state index in [0.29, 0.717) is 19.3 Å². The Bertz CT molecular complexity index is 713. The fourth-order valence-corrected chi connectivity index (χ4v) is 7.44. The average Bonchev–Trinajstić information content (AvgIpc) is 2.84. The second-order valence-corrected chi connectivity index (χ2v) is 9.94. The first-order valence-electron chi connectivity index (χ1n) is 10.3. The van der Waals surface area contributed by atoms with Crippen molar-refractivity contribution in [1.29, 1.82) is 0 Å². The Labute approximate surface area is 164 Å². The summed E-state index contributed by atoms with van der Waals surface area (Å²) >= 11 is 0. The quantitative estimate of drug-likeness (QED) is 0.432. The van der Waals surface area contributed by atoms with Crippen LogP contribution in [0.5, 0.6) is 0 Å². The average molecular weight is 398 g/mol. The van der Waals surface area contributed by atoms with Gasteiger partial charge in [-0.3, -0.25) is 4.79 Å². The number of ketones is 1. The van der Waals surface area contributed by atoms with E-state index in [0.717, 1.165) is 0 Å². The van der Waals surface area contributed by atoms with Gasteiger partial charge in [0.05, 0.1) is 18.3 Å². The van der Waals surface area contributed by atoms with Gasteiger partial charge in [-0.2, -0.15) is 0 Å². The van der Waals surface area contributed by atoms with Crippen molar-refractivity contribution < 1.29 is 34.7 Å². The molecule has 0 bridgehead atoms. The molecule has 4 aliphatic rings. The van der Waals surface area contributed by atoms with Gasteiger partial charge in [0.15, 0.2) is 11.4 Å². The molecule has 3 saturated carbocycles. The largest absolute Gasteiger partial charge is 0.390 e. The van der Waals surface area contributed by atoms with Crippen LogP contribution in [-0.4, -0.2) is 67.5 Å². The fraction of sp³-hybridized carbons (Fsp3) is 0.857. The zero-order valence-corrected chi connectivity index (χ0v) is 16.4. The molecule has 4 aliphatic carbocycles. The Morgan fingerprint density at radius 2 is 1.79 bits per heavy atom. The molecule has 3 fully saturated rings. The van der Waals surface area contributed by atoms with Crippen molar-refractivity contribution >= 4 is 5.78 Å². The van der Waals surface area contributed by atoms with Crippen molar-refractivity contribution in [3.8, 4) is 0 Å². The van der Waals surface area contributed by atoms with E-state index in [1.54, 1.807) is 26.0 Å². The maximum Gasteiger partial charge on any atom is 0.192 e.